The lowest BCUT2D eigenvalue weighted by Crippen LogP contribution is -2.40. The molecule has 2 heterocycles. The van der Waals surface area contributed by atoms with Crippen LogP contribution in [0.1, 0.15) is 57.8 Å². The monoisotopic (exact) mass is 400 g/mol. The van der Waals surface area contributed by atoms with Crippen LogP contribution >= 0.6 is 0 Å². The van der Waals surface area contributed by atoms with Gasteiger partial charge >= 0.3 is 0 Å². The van der Waals surface area contributed by atoms with Crippen molar-refractivity contribution in [2.75, 3.05) is 27.4 Å². The van der Waals surface area contributed by atoms with Gasteiger partial charge in [-0.05, 0) is 50.9 Å². The number of rotatable bonds is 10. The van der Waals surface area contributed by atoms with Gasteiger partial charge in [-0.1, -0.05) is 0 Å². The van der Waals surface area contributed by atoms with Gasteiger partial charge in [-0.3, -0.25) is 0 Å². The number of methoxy groups -OCH3 is 2. The molecule has 0 aromatic heterocycles. The second-order valence-electron chi connectivity index (χ2n) is 8.00. The van der Waals surface area contributed by atoms with Crippen molar-refractivity contribution in [2.45, 2.75) is 88.9 Å². The molecule has 3 rings (SSSR count). The lowest BCUT2D eigenvalue weighted by molar-refractivity contribution is -0.227. The zero-order chi connectivity index (χ0) is 19.8. The summed E-state index contributed by atoms with van der Waals surface area (Å²) in [5, 5.41) is 0. The van der Waals surface area contributed by atoms with Crippen LogP contribution in [0.15, 0.2) is 0 Å². The summed E-state index contributed by atoms with van der Waals surface area (Å²) in [7, 11) is 3.30. The Morgan fingerprint density at radius 1 is 0.929 bits per heavy atom. The van der Waals surface area contributed by atoms with Gasteiger partial charge < -0.3 is 33.2 Å². The molecule has 0 bridgehead atoms. The van der Waals surface area contributed by atoms with E-state index in [-0.39, 0.29) is 36.6 Å². The molecular formula is C21H36O7. The maximum absolute atomic E-state index is 11.1. The molecular weight excluding hydrogens is 364 g/mol. The molecule has 3 fully saturated rings. The van der Waals surface area contributed by atoms with E-state index in [4.69, 9.17) is 28.4 Å². The fraction of sp³-hybridized carbons (Fsp3) is 0.952. The lowest BCUT2D eigenvalue weighted by atomic mass is 9.88. The van der Waals surface area contributed by atoms with Gasteiger partial charge in [-0.15, -0.1) is 0 Å². The SMILES string of the molecule is COC(OC)[C@H]1[C@H](CCC=O)[C@H](OC2CCCCO2)C[C@@H]1OC1CCCCO1. The van der Waals surface area contributed by atoms with Crippen LogP contribution in [0.4, 0.5) is 0 Å². The molecule has 28 heavy (non-hydrogen) atoms. The van der Waals surface area contributed by atoms with E-state index in [1.165, 1.54) is 0 Å². The van der Waals surface area contributed by atoms with E-state index < -0.39 is 6.29 Å². The van der Waals surface area contributed by atoms with E-state index in [9.17, 15) is 4.79 Å². The highest BCUT2D eigenvalue weighted by Crippen LogP contribution is 2.43. The standard InChI is InChI=1S/C21H36O7/c1-23-21(24-2)20-15(8-7-11-22)16(27-18-9-3-5-12-25-18)14-17(20)28-19-10-4-6-13-26-19/h11,15-21H,3-10,12-14H2,1-2H3/t15-,16-,17+,18?,19?,20+/m1/s1. The lowest BCUT2D eigenvalue weighted by Gasteiger charge is -2.34. The molecule has 1 aliphatic carbocycles. The van der Waals surface area contributed by atoms with E-state index in [0.29, 0.717) is 6.42 Å². The zero-order valence-corrected chi connectivity index (χ0v) is 17.3. The van der Waals surface area contributed by atoms with Gasteiger partial charge in [0, 0.05) is 46.2 Å². The van der Waals surface area contributed by atoms with Crippen LogP contribution in [0.3, 0.4) is 0 Å². The average Bonchev–Trinajstić information content (AvgIpc) is 3.05. The fourth-order valence-corrected chi connectivity index (χ4v) is 4.84. The van der Waals surface area contributed by atoms with E-state index in [2.05, 4.69) is 0 Å². The predicted octanol–water partition coefficient (Wildman–Crippen LogP) is 3.04. The topological polar surface area (TPSA) is 72.5 Å². The van der Waals surface area contributed by atoms with Crippen LogP contribution < -0.4 is 0 Å². The molecule has 162 valence electrons. The Morgan fingerprint density at radius 3 is 2.04 bits per heavy atom. The number of carbonyl (C=O) groups is 1. The highest BCUT2D eigenvalue weighted by Gasteiger charge is 2.50. The Morgan fingerprint density at radius 2 is 1.54 bits per heavy atom. The van der Waals surface area contributed by atoms with E-state index in [1.54, 1.807) is 14.2 Å². The first-order chi connectivity index (χ1) is 13.8. The summed E-state index contributed by atoms with van der Waals surface area (Å²) >= 11 is 0. The minimum absolute atomic E-state index is 0.0194. The second-order valence-corrected chi connectivity index (χ2v) is 8.00. The molecule has 0 amide bonds. The third-order valence-electron chi connectivity index (χ3n) is 6.19. The highest BCUT2D eigenvalue weighted by atomic mass is 16.7. The minimum Gasteiger partial charge on any atom is -0.356 e. The van der Waals surface area contributed by atoms with Crippen molar-refractivity contribution in [3.05, 3.63) is 0 Å². The maximum Gasteiger partial charge on any atom is 0.162 e. The molecule has 6 atom stereocenters. The van der Waals surface area contributed by atoms with Crippen molar-refractivity contribution in [2.24, 2.45) is 11.8 Å². The van der Waals surface area contributed by atoms with Crippen LogP contribution in [0.25, 0.3) is 0 Å². The molecule has 7 nitrogen and oxygen atoms in total. The van der Waals surface area contributed by atoms with Gasteiger partial charge in [0.1, 0.15) is 6.29 Å². The number of aldehydes is 1. The Kier molecular flexibility index (Phi) is 9.14. The summed E-state index contributed by atoms with van der Waals surface area (Å²) in [5.41, 5.74) is 0. The van der Waals surface area contributed by atoms with Crippen LogP contribution in [-0.4, -0.2) is 64.8 Å². The highest BCUT2D eigenvalue weighted by molar-refractivity contribution is 5.49. The van der Waals surface area contributed by atoms with Crippen molar-refractivity contribution in [3.8, 4) is 0 Å². The molecule has 2 unspecified atom stereocenters. The Labute approximate surface area is 168 Å². The number of ether oxygens (including phenoxy) is 6. The second kappa shape index (κ2) is 11.6. The van der Waals surface area contributed by atoms with Gasteiger partial charge in [0.25, 0.3) is 0 Å². The van der Waals surface area contributed by atoms with Gasteiger partial charge in [0.05, 0.1) is 12.2 Å². The van der Waals surface area contributed by atoms with Crippen molar-refractivity contribution < 1.29 is 33.2 Å². The molecule has 0 N–H and O–H groups in total. The summed E-state index contributed by atoms with van der Waals surface area (Å²) in [6, 6.07) is 0. The summed E-state index contributed by atoms with van der Waals surface area (Å²) in [6.45, 7) is 1.49. The summed E-state index contributed by atoms with van der Waals surface area (Å²) in [6.07, 6.45) is 8.22. The normalized spacial score (nSPS) is 36.7. The summed E-state index contributed by atoms with van der Waals surface area (Å²) in [5.74, 6) is 0.0864. The molecule has 1 saturated carbocycles. The molecule has 0 radical (unpaired) electrons. The van der Waals surface area contributed by atoms with Crippen LogP contribution in [-0.2, 0) is 33.2 Å². The summed E-state index contributed by atoms with van der Waals surface area (Å²) < 4.78 is 35.7. The smallest absolute Gasteiger partial charge is 0.162 e. The largest absolute Gasteiger partial charge is 0.356 e. The van der Waals surface area contributed by atoms with Crippen molar-refractivity contribution in [1.29, 1.82) is 0 Å². The quantitative estimate of drug-likeness (QED) is 0.412. The Hall–Kier alpha value is -0.570. The molecule has 7 heteroatoms. The Bertz CT molecular complexity index is 444. The number of carbonyl (C=O) groups excluding carboxylic acids is 1. The fourth-order valence-electron chi connectivity index (χ4n) is 4.84. The molecule has 2 saturated heterocycles. The third kappa shape index (κ3) is 5.74. The van der Waals surface area contributed by atoms with Crippen molar-refractivity contribution in [1.82, 2.24) is 0 Å². The van der Waals surface area contributed by atoms with E-state index in [1.807, 2.05) is 0 Å². The van der Waals surface area contributed by atoms with E-state index >= 15 is 0 Å². The first-order valence-electron chi connectivity index (χ1n) is 10.8. The van der Waals surface area contributed by atoms with E-state index in [0.717, 1.165) is 70.9 Å². The van der Waals surface area contributed by atoms with Gasteiger partial charge in [-0.2, -0.15) is 0 Å². The van der Waals surface area contributed by atoms with Gasteiger partial charge in [-0.25, -0.2) is 0 Å². The number of hydrogen-bond donors (Lipinski definition) is 0. The van der Waals surface area contributed by atoms with Crippen molar-refractivity contribution in [3.63, 3.8) is 0 Å². The maximum atomic E-state index is 11.1. The molecule has 2 aliphatic heterocycles. The first-order valence-corrected chi connectivity index (χ1v) is 10.8. The summed E-state index contributed by atoms with van der Waals surface area (Å²) in [4.78, 5) is 11.1. The number of hydrogen-bond acceptors (Lipinski definition) is 7. The van der Waals surface area contributed by atoms with Gasteiger partial charge in [0.15, 0.2) is 18.9 Å². The predicted molar refractivity (Wildman–Crippen MR) is 102 cm³/mol. The Balaban J connectivity index is 1.73. The van der Waals surface area contributed by atoms with Crippen molar-refractivity contribution >= 4 is 6.29 Å². The minimum atomic E-state index is -0.411. The molecule has 0 aromatic rings. The van der Waals surface area contributed by atoms with Gasteiger partial charge in [0.2, 0.25) is 0 Å². The van der Waals surface area contributed by atoms with Crippen LogP contribution in [0.5, 0.6) is 0 Å². The molecule has 0 spiro atoms. The molecule has 3 aliphatic rings. The van der Waals surface area contributed by atoms with Crippen LogP contribution in [0, 0.1) is 11.8 Å². The zero-order valence-electron chi connectivity index (χ0n) is 17.3. The third-order valence-corrected chi connectivity index (χ3v) is 6.19. The van der Waals surface area contributed by atoms with Crippen LogP contribution in [0.2, 0.25) is 0 Å². The first kappa shape index (κ1) is 22.1. The average molecular weight is 401 g/mol. The molecule has 0 aromatic carbocycles.